The number of rotatable bonds is 5. The summed E-state index contributed by atoms with van der Waals surface area (Å²) < 4.78 is 0. The van der Waals surface area contributed by atoms with Crippen molar-refractivity contribution in [1.82, 2.24) is 5.32 Å². The van der Waals surface area contributed by atoms with Crippen LogP contribution in [0.5, 0.6) is 0 Å². The highest BCUT2D eigenvalue weighted by atomic mass is 15.1. The van der Waals surface area contributed by atoms with Gasteiger partial charge in [-0.2, -0.15) is 0 Å². The van der Waals surface area contributed by atoms with Gasteiger partial charge in [0, 0.05) is 25.3 Å². The average Bonchev–Trinajstić information content (AvgIpc) is 2.40. The number of hydrogen-bond acceptors (Lipinski definition) is 2. The van der Waals surface area contributed by atoms with Gasteiger partial charge in [0.15, 0.2) is 0 Å². The second-order valence-corrected chi connectivity index (χ2v) is 7.79. The number of aryl methyl sites for hydroxylation is 1. The number of benzene rings is 1. The number of piperidine rings is 1. The topological polar surface area (TPSA) is 15.3 Å². The third-order valence-electron chi connectivity index (χ3n) is 4.68. The van der Waals surface area contributed by atoms with Crippen LogP contribution in [0.2, 0.25) is 0 Å². The van der Waals surface area contributed by atoms with E-state index in [-0.39, 0.29) is 0 Å². The monoisotopic (exact) mass is 288 g/mol. The summed E-state index contributed by atoms with van der Waals surface area (Å²) in [4.78, 5) is 2.55. The van der Waals surface area contributed by atoms with Gasteiger partial charge in [-0.25, -0.2) is 0 Å². The van der Waals surface area contributed by atoms with Gasteiger partial charge in [-0.05, 0) is 60.9 Å². The second kappa shape index (κ2) is 6.83. The van der Waals surface area contributed by atoms with E-state index in [2.05, 4.69) is 63.0 Å². The fourth-order valence-corrected chi connectivity index (χ4v) is 2.94. The Labute approximate surface area is 130 Å². The Morgan fingerprint density at radius 3 is 2.43 bits per heavy atom. The maximum Gasteiger partial charge on any atom is 0.0369 e. The molecule has 0 saturated carbocycles. The molecule has 0 radical (unpaired) electrons. The maximum atomic E-state index is 3.54. The summed E-state index contributed by atoms with van der Waals surface area (Å²) in [5.41, 5.74) is 4.76. The second-order valence-electron chi connectivity index (χ2n) is 7.79. The highest BCUT2D eigenvalue weighted by Crippen LogP contribution is 2.32. The third kappa shape index (κ3) is 4.74. The van der Waals surface area contributed by atoms with Crippen LogP contribution < -0.4 is 10.2 Å². The minimum atomic E-state index is 0.520. The van der Waals surface area contributed by atoms with E-state index in [1.165, 1.54) is 42.7 Å². The summed E-state index contributed by atoms with van der Waals surface area (Å²) in [5.74, 6) is 0.710. The highest BCUT2D eigenvalue weighted by molar-refractivity contribution is 5.51. The lowest BCUT2D eigenvalue weighted by Crippen LogP contribution is -2.37. The predicted octanol–water partition coefficient (Wildman–Crippen LogP) is 4.37. The molecule has 0 unspecified atom stereocenters. The molecule has 0 aliphatic carbocycles. The molecule has 2 nitrogen and oxygen atoms in total. The van der Waals surface area contributed by atoms with E-state index in [0.717, 1.165) is 13.1 Å². The summed E-state index contributed by atoms with van der Waals surface area (Å²) >= 11 is 0. The van der Waals surface area contributed by atoms with E-state index < -0.39 is 0 Å². The molecule has 1 aromatic carbocycles. The summed E-state index contributed by atoms with van der Waals surface area (Å²) in [7, 11) is 0. The quantitative estimate of drug-likeness (QED) is 0.865. The van der Waals surface area contributed by atoms with Crippen molar-refractivity contribution in [1.29, 1.82) is 0 Å². The van der Waals surface area contributed by atoms with Crippen molar-refractivity contribution in [3.05, 3.63) is 29.3 Å². The fraction of sp³-hybridized carbons (Fsp3) is 0.684. The van der Waals surface area contributed by atoms with Crippen molar-refractivity contribution in [2.75, 3.05) is 24.5 Å². The van der Waals surface area contributed by atoms with Crippen LogP contribution in [0.15, 0.2) is 18.2 Å². The van der Waals surface area contributed by atoms with Gasteiger partial charge in [0.05, 0.1) is 0 Å². The summed E-state index contributed by atoms with van der Waals surface area (Å²) in [6.45, 7) is 16.0. The van der Waals surface area contributed by atoms with Crippen molar-refractivity contribution in [2.45, 2.75) is 54.0 Å². The van der Waals surface area contributed by atoms with E-state index in [1.807, 2.05) is 0 Å². The lowest BCUT2D eigenvalue weighted by molar-refractivity contribution is 0.280. The maximum absolute atomic E-state index is 3.54. The van der Waals surface area contributed by atoms with Crippen LogP contribution in [0, 0.1) is 18.3 Å². The Hall–Kier alpha value is -1.02. The van der Waals surface area contributed by atoms with Gasteiger partial charge < -0.3 is 10.2 Å². The van der Waals surface area contributed by atoms with Gasteiger partial charge in [-0.3, -0.25) is 0 Å². The van der Waals surface area contributed by atoms with Crippen LogP contribution >= 0.6 is 0 Å². The Bertz CT molecular complexity index is 453. The molecule has 1 heterocycles. The molecular formula is C19H32N2. The smallest absolute Gasteiger partial charge is 0.0369 e. The zero-order valence-electron chi connectivity index (χ0n) is 14.5. The molecule has 2 rings (SSSR count). The molecular weight excluding hydrogens is 256 g/mol. The van der Waals surface area contributed by atoms with Crippen molar-refractivity contribution in [3.8, 4) is 0 Å². The van der Waals surface area contributed by atoms with E-state index in [0.29, 0.717) is 11.3 Å². The van der Waals surface area contributed by atoms with Crippen LogP contribution in [0.1, 0.15) is 51.7 Å². The number of hydrogen-bond donors (Lipinski definition) is 1. The molecule has 0 aromatic heterocycles. The first-order valence-electron chi connectivity index (χ1n) is 8.42. The van der Waals surface area contributed by atoms with Crippen LogP contribution in [-0.4, -0.2) is 19.6 Å². The first-order chi connectivity index (χ1) is 9.87. The molecule has 21 heavy (non-hydrogen) atoms. The minimum Gasteiger partial charge on any atom is -0.371 e. The zero-order valence-corrected chi connectivity index (χ0v) is 14.5. The predicted molar refractivity (Wildman–Crippen MR) is 93.0 cm³/mol. The molecule has 1 saturated heterocycles. The van der Waals surface area contributed by atoms with Crippen LogP contribution in [0.4, 0.5) is 5.69 Å². The molecule has 0 amide bonds. The van der Waals surface area contributed by atoms with Crippen LogP contribution in [-0.2, 0) is 6.54 Å². The van der Waals surface area contributed by atoms with Crippen LogP contribution in [0.25, 0.3) is 0 Å². The molecule has 1 fully saturated rings. The fourth-order valence-electron chi connectivity index (χ4n) is 2.94. The summed E-state index contributed by atoms with van der Waals surface area (Å²) in [5, 5.41) is 3.54. The van der Waals surface area contributed by atoms with Gasteiger partial charge in [0.2, 0.25) is 0 Å². The van der Waals surface area contributed by atoms with Gasteiger partial charge in [0.25, 0.3) is 0 Å². The molecule has 1 N–H and O–H groups in total. The van der Waals surface area contributed by atoms with Crippen molar-refractivity contribution in [3.63, 3.8) is 0 Å². The normalized spacial score (nSPS) is 18.3. The molecule has 1 aliphatic rings. The molecule has 1 aliphatic heterocycles. The van der Waals surface area contributed by atoms with Crippen molar-refractivity contribution < 1.29 is 0 Å². The Morgan fingerprint density at radius 2 is 1.86 bits per heavy atom. The van der Waals surface area contributed by atoms with Gasteiger partial charge in [-0.15, -0.1) is 0 Å². The van der Waals surface area contributed by atoms with Gasteiger partial charge in [0.1, 0.15) is 0 Å². The molecule has 1 aromatic rings. The minimum absolute atomic E-state index is 0.520. The Kier molecular flexibility index (Phi) is 5.32. The Balaban J connectivity index is 1.96. The largest absolute Gasteiger partial charge is 0.371 e. The van der Waals surface area contributed by atoms with Crippen molar-refractivity contribution in [2.24, 2.45) is 11.3 Å². The van der Waals surface area contributed by atoms with Gasteiger partial charge >= 0.3 is 0 Å². The first kappa shape index (κ1) is 16.4. The zero-order chi connectivity index (χ0) is 15.5. The van der Waals surface area contributed by atoms with Crippen molar-refractivity contribution >= 4 is 5.69 Å². The summed E-state index contributed by atoms with van der Waals surface area (Å²) in [6.07, 6.45) is 2.59. The molecule has 0 bridgehead atoms. The van der Waals surface area contributed by atoms with E-state index in [4.69, 9.17) is 0 Å². The third-order valence-corrected chi connectivity index (χ3v) is 4.68. The van der Waals surface area contributed by atoms with E-state index in [9.17, 15) is 0 Å². The number of nitrogens with one attached hydrogen (secondary N) is 1. The number of nitrogens with zero attached hydrogens (tertiary/aromatic N) is 1. The van der Waals surface area contributed by atoms with E-state index in [1.54, 1.807) is 0 Å². The first-order valence-corrected chi connectivity index (χ1v) is 8.42. The average molecular weight is 288 g/mol. The lowest BCUT2D eigenvalue weighted by Gasteiger charge is -2.38. The van der Waals surface area contributed by atoms with Crippen LogP contribution in [0.3, 0.4) is 0 Å². The summed E-state index contributed by atoms with van der Waals surface area (Å²) in [6, 6.07) is 6.97. The SMILES string of the molecule is Cc1cc(N2CCC(C)(C)CC2)ccc1CNCC(C)C. The van der Waals surface area contributed by atoms with E-state index >= 15 is 0 Å². The molecule has 2 heteroatoms. The highest BCUT2D eigenvalue weighted by Gasteiger charge is 2.25. The van der Waals surface area contributed by atoms with Gasteiger partial charge in [-0.1, -0.05) is 33.8 Å². The molecule has 118 valence electrons. The molecule has 0 spiro atoms. The Morgan fingerprint density at radius 1 is 1.19 bits per heavy atom. The number of anilines is 1. The standard InChI is InChI=1S/C19H32N2/c1-15(2)13-20-14-17-6-7-18(12-16(17)3)21-10-8-19(4,5)9-11-21/h6-7,12,15,20H,8-11,13-14H2,1-5H3. The lowest BCUT2D eigenvalue weighted by atomic mass is 9.82. The molecule has 0 atom stereocenters.